The second kappa shape index (κ2) is 7.58. The van der Waals surface area contributed by atoms with E-state index >= 15 is 0 Å². The van der Waals surface area contributed by atoms with Gasteiger partial charge in [0.2, 0.25) is 5.91 Å². The number of nitrogens with two attached hydrogens (primary N) is 1. The summed E-state index contributed by atoms with van der Waals surface area (Å²) in [5, 5.41) is 2.67. The Kier molecular flexibility index (Phi) is 6.08. The molecule has 19 heavy (non-hydrogen) atoms. The zero-order valence-electron chi connectivity index (χ0n) is 11.2. The SMILES string of the molecule is CCOC(=O)C(N)C(=O)NC(C)CCc1ccco1. The number of hydrogen-bond donors (Lipinski definition) is 2. The number of carbonyl (C=O) groups is 2. The minimum atomic E-state index is -1.27. The Morgan fingerprint density at radius 1 is 1.53 bits per heavy atom. The Labute approximate surface area is 112 Å². The molecule has 6 heteroatoms. The molecule has 1 rings (SSSR count). The fraction of sp³-hybridized carbons (Fsp3) is 0.538. The standard InChI is InChI=1S/C13H20N2O4/c1-3-18-13(17)11(14)12(16)15-9(2)6-7-10-5-4-8-19-10/h4-5,8-9,11H,3,6-7,14H2,1-2H3,(H,15,16). The molecule has 1 amide bonds. The van der Waals surface area contributed by atoms with Crippen LogP contribution in [0.2, 0.25) is 0 Å². The van der Waals surface area contributed by atoms with Gasteiger partial charge in [-0.25, -0.2) is 4.79 Å². The first-order chi connectivity index (χ1) is 9.04. The van der Waals surface area contributed by atoms with Gasteiger partial charge in [0.25, 0.3) is 0 Å². The summed E-state index contributed by atoms with van der Waals surface area (Å²) < 4.78 is 9.88. The van der Waals surface area contributed by atoms with E-state index in [-0.39, 0.29) is 12.6 Å². The average molecular weight is 268 g/mol. The molecule has 0 saturated carbocycles. The third-order valence-corrected chi connectivity index (χ3v) is 2.62. The lowest BCUT2D eigenvalue weighted by atomic mass is 10.1. The van der Waals surface area contributed by atoms with Crippen molar-refractivity contribution < 1.29 is 18.7 Å². The molecule has 0 aliphatic heterocycles. The predicted molar refractivity (Wildman–Crippen MR) is 69.2 cm³/mol. The molecule has 106 valence electrons. The first kappa shape index (κ1) is 15.2. The van der Waals surface area contributed by atoms with Crippen molar-refractivity contribution in [2.45, 2.75) is 38.8 Å². The Balaban J connectivity index is 2.32. The van der Waals surface area contributed by atoms with E-state index in [0.717, 1.165) is 5.76 Å². The van der Waals surface area contributed by atoms with E-state index in [1.807, 2.05) is 19.1 Å². The normalized spacial score (nSPS) is 13.6. The van der Waals surface area contributed by atoms with E-state index < -0.39 is 17.9 Å². The first-order valence-corrected chi connectivity index (χ1v) is 6.29. The van der Waals surface area contributed by atoms with Crippen molar-refractivity contribution in [3.05, 3.63) is 24.2 Å². The van der Waals surface area contributed by atoms with Crippen LogP contribution in [0.3, 0.4) is 0 Å². The van der Waals surface area contributed by atoms with Gasteiger partial charge in [-0.15, -0.1) is 0 Å². The number of aryl methyl sites for hydroxylation is 1. The fourth-order valence-corrected chi connectivity index (χ4v) is 1.56. The predicted octanol–water partition coefficient (Wildman–Crippen LogP) is 0.607. The lowest BCUT2D eigenvalue weighted by molar-refractivity contribution is -0.148. The number of nitrogens with one attached hydrogen (secondary N) is 1. The fourth-order valence-electron chi connectivity index (χ4n) is 1.56. The van der Waals surface area contributed by atoms with Crippen molar-refractivity contribution in [1.29, 1.82) is 0 Å². The zero-order chi connectivity index (χ0) is 14.3. The molecule has 0 radical (unpaired) electrons. The summed E-state index contributed by atoms with van der Waals surface area (Å²) in [7, 11) is 0. The van der Waals surface area contributed by atoms with Gasteiger partial charge in [0.15, 0.2) is 6.04 Å². The molecule has 0 aliphatic rings. The number of ether oxygens (including phenoxy) is 1. The second-order valence-electron chi connectivity index (χ2n) is 4.26. The summed E-state index contributed by atoms with van der Waals surface area (Å²) in [6.07, 6.45) is 3.02. The third kappa shape index (κ3) is 5.13. The van der Waals surface area contributed by atoms with Gasteiger partial charge in [0.1, 0.15) is 5.76 Å². The van der Waals surface area contributed by atoms with Gasteiger partial charge in [-0.1, -0.05) is 0 Å². The summed E-state index contributed by atoms with van der Waals surface area (Å²) in [5.41, 5.74) is 5.48. The summed E-state index contributed by atoms with van der Waals surface area (Å²) in [5.74, 6) is -0.376. The Morgan fingerprint density at radius 3 is 2.84 bits per heavy atom. The number of rotatable bonds is 7. The highest BCUT2D eigenvalue weighted by Crippen LogP contribution is 2.05. The number of carbonyl (C=O) groups excluding carboxylic acids is 2. The van der Waals surface area contributed by atoms with Crippen LogP contribution in [0, 0.1) is 0 Å². The molecule has 0 aromatic carbocycles. The van der Waals surface area contributed by atoms with Crippen molar-refractivity contribution in [2.24, 2.45) is 5.73 Å². The highest BCUT2D eigenvalue weighted by molar-refractivity contribution is 6.01. The highest BCUT2D eigenvalue weighted by Gasteiger charge is 2.24. The number of amides is 1. The molecular weight excluding hydrogens is 248 g/mol. The van der Waals surface area contributed by atoms with E-state index in [2.05, 4.69) is 10.1 Å². The Hall–Kier alpha value is -1.82. The molecule has 3 N–H and O–H groups in total. The Bertz CT molecular complexity index is 403. The smallest absolute Gasteiger partial charge is 0.332 e. The summed E-state index contributed by atoms with van der Waals surface area (Å²) in [6, 6.07) is 2.32. The van der Waals surface area contributed by atoms with Crippen LogP contribution in [-0.2, 0) is 20.7 Å². The van der Waals surface area contributed by atoms with E-state index in [9.17, 15) is 9.59 Å². The molecule has 1 heterocycles. The average Bonchev–Trinajstić information content (AvgIpc) is 2.88. The minimum absolute atomic E-state index is 0.0990. The van der Waals surface area contributed by atoms with Gasteiger partial charge >= 0.3 is 5.97 Å². The summed E-state index contributed by atoms with van der Waals surface area (Å²) in [6.45, 7) is 3.71. The topological polar surface area (TPSA) is 94.6 Å². The van der Waals surface area contributed by atoms with E-state index in [4.69, 9.17) is 10.2 Å². The minimum Gasteiger partial charge on any atom is -0.469 e. The number of hydrogen-bond acceptors (Lipinski definition) is 5. The highest BCUT2D eigenvalue weighted by atomic mass is 16.5. The quantitative estimate of drug-likeness (QED) is 0.558. The van der Waals surface area contributed by atoms with Crippen LogP contribution in [0.5, 0.6) is 0 Å². The second-order valence-corrected chi connectivity index (χ2v) is 4.26. The molecular formula is C13H20N2O4. The zero-order valence-corrected chi connectivity index (χ0v) is 11.2. The van der Waals surface area contributed by atoms with Crippen LogP contribution in [0.1, 0.15) is 26.0 Å². The lowest BCUT2D eigenvalue weighted by Crippen LogP contribution is -2.49. The maximum Gasteiger partial charge on any atom is 0.332 e. The van der Waals surface area contributed by atoms with Gasteiger partial charge in [0.05, 0.1) is 12.9 Å². The maximum atomic E-state index is 11.7. The van der Waals surface area contributed by atoms with Crippen molar-refractivity contribution >= 4 is 11.9 Å². The van der Waals surface area contributed by atoms with E-state index in [1.165, 1.54) is 0 Å². The molecule has 1 aromatic heterocycles. The van der Waals surface area contributed by atoms with Crippen LogP contribution in [-0.4, -0.2) is 30.6 Å². The molecule has 1 aromatic rings. The number of furan rings is 1. The van der Waals surface area contributed by atoms with E-state index in [0.29, 0.717) is 12.8 Å². The third-order valence-electron chi connectivity index (χ3n) is 2.62. The van der Waals surface area contributed by atoms with Crippen LogP contribution in [0.25, 0.3) is 0 Å². The van der Waals surface area contributed by atoms with Gasteiger partial charge in [-0.2, -0.15) is 0 Å². The van der Waals surface area contributed by atoms with Crippen LogP contribution in [0.15, 0.2) is 22.8 Å². The summed E-state index contributed by atoms with van der Waals surface area (Å²) >= 11 is 0. The van der Waals surface area contributed by atoms with Gasteiger partial charge < -0.3 is 20.2 Å². The van der Waals surface area contributed by atoms with Crippen LogP contribution in [0.4, 0.5) is 0 Å². The first-order valence-electron chi connectivity index (χ1n) is 6.29. The molecule has 0 fully saturated rings. The molecule has 0 bridgehead atoms. The van der Waals surface area contributed by atoms with Gasteiger partial charge in [0, 0.05) is 12.5 Å². The molecule has 0 saturated heterocycles. The van der Waals surface area contributed by atoms with Crippen molar-refractivity contribution in [1.82, 2.24) is 5.32 Å². The molecule has 0 spiro atoms. The number of esters is 1. The van der Waals surface area contributed by atoms with Gasteiger partial charge in [-0.05, 0) is 32.4 Å². The van der Waals surface area contributed by atoms with E-state index in [1.54, 1.807) is 13.2 Å². The van der Waals surface area contributed by atoms with Crippen LogP contribution >= 0.6 is 0 Å². The lowest BCUT2D eigenvalue weighted by Gasteiger charge is -2.16. The van der Waals surface area contributed by atoms with Gasteiger partial charge in [-0.3, -0.25) is 4.79 Å². The molecule has 2 unspecified atom stereocenters. The monoisotopic (exact) mass is 268 g/mol. The Morgan fingerprint density at radius 2 is 2.26 bits per heavy atom. The van der Waals surface area contributed by atoms with Crippen molar-refractivity contribution in [3.63, 3.8) is 0 Å². The molecule has 0 aliphatic carbocycles. The molecule has 2 atom stereocenters. The molecule has 6 nitrogen and oxygen atoms in total. The van der Waals surface area contributed by atoms with Crippen molar-refractivity contribution in [2.75, 3.05) is 6.61 Å². The van der Waals surface area contributed by atoms with Crippen molar-refractivity contribution in [3.8, 4) is 0 Å². The van der Waals surface area contributed by atoms with Crippen LogP contribution < -0.4 is 11.1 Å². The summed E-state index contributed by atoms with van der Waals surface area (Å²) in [4.78, 5) is 23.0. The largest absolute Gasteiger partial charge is 0.469 e. The maximum absolute atomic E-state index is 11.7.